The number of carbonyl (C=O) groups is 1. The van der Waals surface area contributed by atoms with Crippen LogP contribution in [0.2, 0.25) is 0 Å². The van der Waals surface area contributed by atoms with Gasteiger partial charge < -0.3 is 11.1 Å². The fourth-order valence-electron chi connectivity index (χ4n) is 3.96. The zero-order chi connectivity index (χ0) is 15.0. The van der Waals surface area contributed by atoms with Crippen LogP contribution in [-0.2, 0) is 4.79 Å². The van der Waals surface area contributed by atoms with E-state index in [4.69, 9.17) is 5.73 Å². The van der Waals surface area contributed by atoms with E-state index in [0.717, 1.165) is 19.4 Å². The van der Waals surface area contributed by atoms with Crippen molar-refractivity contribution in [3.8, 4) is 0 Å². The average Bonchev–Trinajstić information content (AvgIpc) is 2.55. The molecule has 0 aromatic carbocycles. The van der Waals surface area contributed by atoms with Crippen LogP contribution in [0.15, 0.2) is 0 Å². The summed E-state index contributed by atoms with van der Waals surface area (Å²) in [6, 6.07) is 0. The SMILES string of the molecule is NCCCCC(=O)NCC1(N2CCCCC2)CCCCC1. The lowest BCUT2D eigenvalue weighted by Gasteiger charge is -2.48. The van der Waals surface area contributed by atoms with E-state index in [2.05, 4.69) is 10.2 Å². The lowest BCUT2D eigenvalue weighted by molar-refractivity contribution is -0.122. The lowest BCUT2D eigenvalue weighted by Crippen LogP contribution is -2.58. The van der Waals surface area contributed by atoms with Crippen molar-refractivity contribution in [3.63, 3.8) is 0 Å². The summed E-state index contributed by atoms with van der Waals surface area (Å²) in [5.41, 5.74) is 5.74. The Bertz CT molecular complexity index is 307. The number of nitrogens with one attached hydrogen (secondary N) is 1. The molecule has 2 aliphatic rings. The smallest absolute Gasteiger partial charge is 0.220 e. The number of hydrogen-bond donors (Lipinski definition) is 2. The molecule has 1 saturated heterocycles. The van der Waals surface area contributed by atoms with Crippen molar-refractivity contribution < 1.29 is 4.79 Å². The van der Waals surface area contributed by atoms with Gasteiger partial charge in [-0.2, -0.15) is 0 Å². The molecule has 122 valence electrons. The maximum absolute atomic E-state index is 12.0. The number of rotatable bonds is 7. The molecule has 2 rings (SSSR count). The molecular weight excluding hydrogens is 262 g/mol. The number of nitrogens with two attached hydrogens (primary N) is 1. The molecule has 0 aromatic rings. The molecule has 0 aromatic heterocycles. The molecule has 21 heavy (non-hydrogen) atoms. The fraction of sp³-hybridized carbons (Fsp3) is 0.941. The number of piperidine rings is 1. The van der Waals surface area contributed by atoms with E-state index in [0.29, 0.717) is 13.0 Å². The van der Waals surface area contributed by atoms with Gasteiger partial charge in [0.25, 0.3) is 0 Å². The molecule has 1 aliphatic carbocycles. The van der Waals surface area contributed by atoms with E-state index in [9.17, 15) is 4.79 Å². The minimum atomic E-state index is 0.213. The van der Waals surface area contributed by atoms with E-state index >= 15 is 0 Å². The van der Waals surface area contributed by atoms with Gasteiger partial charge in [0.2, 0.25) is 5.91 Å². The highest BCUT2D eigenvalue weighted by Gasteiger charge is 2.38. The van der Waals surface area contributed by atoms with E-state index in [1.54, 1.807) is 0 Å². The van der Waals surface area contributed by atoms with Crippen LogP contribution >= 0.6 is 0 Å². The quantitative estimate of drug-likeness (QED) is 0.709. The second-order valence-corrected chi connectivity index (χ2v) is 6.86. The number of hydrogen-bond acceptors (Lipinski definition) is 3. The van der Waals surface area contributed by atoms with Gasteiger partial charge in [0, 0.05) is 18.5 Å². The summed E-state index contributed by atoms with van der Waals surface area (Å²) >= 11 is 0. The predicted molar refractivity (Wildman–Crippen MR) is 87.2 cm³/mol. The van der Waals surface area contributed by atoms with Crippen molar-refractivity contribution in [2.45, 2.75) is 76.2 Å². The van der Waals surface area contributed by atoms with Crippen LogP contribution in [-0.4, -0.2) is 42.5 Å². The van der Waals surface area contributed by atoms with Crippen molar-refractivity contribution in [3.05, 3.63) is 0 Å². The van der Waals surface area contributed by atoms with Crippen LogP contribution in [0.5, 0.6) is 0 Å². The van der Waals surface area contributed by atoms with Gasteiger partial charge in [-0.25, -0.2) is 0 Å². The Kier molecular flexibility index (Phi) is 6.97. The normalized spacial score (nSPS) is 22.9. The Hall–Kier alpha value is -0.610. The van der Waals surface area contributed by atoms with Crippen LogP contribution < -0.4 is 11.1 Å². The first-order valence-corrected chi connectivity index (χ1v) is 8.99. The van der Waals surface area contributed by atoms with Crippen molar-refractivity contribution in [1.82, 2.24) is 10.2 Å². The molecule has 1 saturated carbocycles. The molecule has 0 atom stereocenters. The average molecular weight is 295 g/mol. The molecule has 0 spiro atoms. The highest BCUT2D eigenvalue weighted by molar-refractivity contribution is 5.75. The molecule has 0 unspecified atom stereocenters. The third-order valence-electron chi connectivity index (χ3n) is 5.28. The van der Waals surface area contributed by atoms with Crippen LogP contribution in [0.4, 0.5) is 0 Å². The lowest BCUT2D eigenvalue weighted by atomic mass is 9.79. The number of likely N-dealkylation sites (tertiary alicyclic amines) is 1. The summed E-state index contributed by atoms with van der Waals surface area (Å²) in [7, 11) is 0. The Morgan fingerprint density at radius 3 is 2.33 bits per heavy atom. The first kappa shape index (κ1) is 16.8. The zero-order valence-electron chi connectivity index (χ0n) is 13.5. The molecule has 0 radical (unpaired) electrons. The van der Waals surface area contributed by atoms with E-state index < -0.39 is 0 Å². The van der Waals surface area contributed by atoms with Gasteiger partial charge in [0.05, 0.1) is 0 Å². The second-order valence-electron chi connectivity index (χ2n) is 6.86. The molecular formula is C17H33N3O. The summed E-state index contributed by atoms with van der Waals surface area (Å²) in [6.45, 7) is 3.99. The maximum atomic E-state index is 12.0. The summed E-state index contributed by atoms with van der Waals surface area (Å²) in [5, 5.41) is 3.23. The molecule has 1 heterocycles. The van der Waals surface area contributed by atoms with Gasteiger partial charge in [0.1, 0.15) is 0 Å². The van der Waals surface area contributed by atoms with E-state index in [1.807, 2.05) is 0 Å². The minimum absolute atomic E-state index is 0.213. The summed E-state index contributed by atoms with van der Waals surface area (Å²) in [5.74, 6) is 0.213. The van der Waals surface area contributed by atoms with Crippen molar-refractivity contribution in [1.29, 1.82) is 0 Å². The summed E-state index contributed by atoms with van der Waals surface area (Å²) < 4.78 is 0. The highest BCUT2D eigenvalue weighted by Crippen LogP contribution is 2.35. The Morgan fingerprint density at radius 2 is 1.67 bits per heavy atom. The minimum Gasteiger partial charge on any atom is -0.354 e. The monoisotopic (exact) mass is 295 g/mol. The standard InChI is InChI=1S/C17H33N3O/c18-12-6-3-9-16(21)19-15-17(10-4-1-5-11-17)20-13-7-2-8-14-20/h1-15,18H2,(H,19,21). The van der Waals surface area contributed by atoms with Gasteiger partial charge in [-0.05, 0) is 58.2 Å². The Labute approximate surface area is 129 Å². The van der Waals surface area contributed by atoms with Crippen molar-refractivity contribution in [2.75, 3.05) is 26.2 Å². The van der Waals surface area contributed by atoms with Gasteiger partial charge in [-0.15, -0.1) is 0 Å². The second kappa shape index (κ2) is 8.74. The zero-order valence-corrected chi connectivity index (χ0v) is 13.5. The maximum Gasteiger partial charge on any atom is 0.220 e. The fourth-order valence-corrected chi connectivity index (χ4v) is 3.96. The van der Waals surface area contributed by atoms with Gasteiger partial charge in [-0.3, -0.25) is 9.69 Å². The van der Waals surface area contributed by atoms with Gasteiger partial charge in [-0.1, -0.05) is 25.7 Å². The van der Waals surface area contributed by atoms with E-state index in [-0.39, 0.29) is 11.4 Å². The summed E-state index contributed by atoms with van der Waals surface area (Å²) in [4.78, 5) is 14.7. The van der Waals surface area contributed by atoms with Crippen molar-refractivity contribution in [2.24, 2.45) is 5.73 Å². The molecule has 1 aliphatic heterocycles. The third kappa shape index (κ3) is 4.96. The first-order valence-electron chi connectivity index (χ1n) is 8.99. The number of amides is 1. The number of nitrogens with zero attached hydrogens (tertiary/aromatic N) is 1. The van der Waals surface area contributed by atoms with Crippen LogP contribution in [0.1, 0.15) is 70.6 Å². The summed E-state index contributed by atoms with van der Waals surface area (Å²) in [6.07, 6.45) is 13.0. The van der Waals surface area contributed by atoms with Gasteiger partial charge >= 0.3 is 0 Å². The first-order chi connectivity index (χ1) is 10.3. The predicted octanol–water partition coefficient (Wildman–Crippen LogP) is 2.42. The highest BCUT2D eigenvalue weighted by atomic mass is 16.1. The molecule has 0 bridgehead atoms. The topological polar surface area (TPSA) is 58.4 Å². The molecule has 4 nitrogen and oxygen atoms in total. The number of unbranched alkanes of at least 4 members (excludes halogenated alkanes) is 1. The third-order valence-corrected chi connectivity index (χ3v) is 5.28. The number of carbonyl (C=O) groups excluding carboxylic acids is 1. The molecule has 4 heteroatoms. The van der Waals surface area contributed by atoms with Gasteiger partial charge in [0.15, 0.2) is 0 Å². The van der Waals surface area contributed by atoms with Crippen LogP contribution in [0, 0.1) is 0 Å². The Balaban J connectivity index is 1.85. The molecule has 2 fully saturated rings. The van der Waals surface area contributed by atoms with Crippen LogP contribution in [0.3, 0.4) is 0 Å². The van der Waals surface area contributed by atoms with E-state index in [1.165, 1.54) is 64.5 Å². The Morgan fingerprint density at radius 1 is 1.00 bits per heavy atom. The molecule has 1 amide bonds. The largest absolute Gasteiger partial charge is 0.354 e. The molecule has 3 N–H and O–H groups in total. The van der Waals surface area contributed by atoms with Crippen molar-refractivity contribution >= 4 is 5.91 Å². The van der Waals surface area contributed by atoms with Crippen LogP contribution in [0.25, 0.3) is 0 Å².